The van der Waals surface area contributed by atoms with Crippen molar-refractivity contribution < 1.29 is 14.2 Å². The molecule has 0 saturated heterocycles. The summed E-state index contributed by atoms with van der Waals surface area (Å²) < 4.78 is 2.06. The van der Waals surface area contributed by atoms with Gasteiger partial charge in [-0.2, -0.15) is 0 Å². The number of aryl methyl sites for hydroxylation is 1. The van der Waals surface area contributed by atoms with Crippen LogP contribution in [-0.2, 0) is 11.3 Å². The number of hydrogen-bond acceptors (Lipinski definition) is 3. The average Bonchev–Trinajstić information content (AvgIpc) is 2.50. The van der Waals surface area contributed by atoms with Crippen molar-refractivity contribution in [2.45, 2.75) is 33.2 Å². The van der Waals surface area contributed by atoms with Crippen molar-refractivity contribution in [3.63, 3.8) is 0 Å². The Balaban J connectivity index is 2.29. The van der Waals surface area contributed by atoms with Gasteiger partial charge in [-0.3, -0.25) is 14.6 Å². The molecular formula is C18H23N2O2+. The molecule has 4 heteroatoms. The van der Waals surface area contributed by atoms with Gasteiger partial charge in [0.25, 0.3) is 0 Å². The molecule has 0 spiro atoms. The molecule has 1 aromatic heterocycles. The number of carbonyl (C=O) groups excluding carboxylic acids is 2. The predicted octanol–water partition coefficient (Wildman–Crippen LogP) is 2.73. The largest absolute Gasteiger partial charge is 0.295 e. The number of ketones is 2. The Morgan fingerprint density at radius 3 is 2.45 bits per heavy atom. The predicted molar refractivity (Wildman–Crippen MR) is 88.2 cm³/mol. The summed E-state index contributed by atoms with van der Waals surface area (Å²) in [5.41, 5.74) is 1.31. The molecule has 4 nitrogen and oxygen atoms in total. The van der Waals surface area contributed by atoms with E-state index in [1.165, 1.54) is 13.0 Å². The highest BCUT2D eigenvalue weighted by molar-refractivity contribution is 5.99. The summed E-state index contributed by atoms with van der Waals surface area (Å²) in [7, 11) is 0. The summed E-state index contributed by atoms with van der Waals surface area (Å²) in [6.07, 6.45) is 10.7. The first kappa shape index (κ1) is 17.7. The van der Waals surface area contributed by atoms with Gasteiger partial charge in [-0.15, -0.1) is 0 Å². The fourth-order valence-electron chi connectivity index (χ4n) is 1.88. The Hall–Kier alpha value is -2.36. The average molecular weight is 299 g/mol. The zero-order valence-electron chi connectivity index (χ0n) is 13.3. The Labute approximate surface area is 131 Å². The SMILES string of the molecule is C=C/C(=C\C=NCCCC[n+]1ccc(C(C)=O)cc1)C(C)=O. The number of unbranched alkanes of at least 4 members (excludes halogenated alkanes) is 1. The monoisotopic (exact) mass is 299 g/mol. The van der Waals surface area contributed by atoms with Gasteiger partial charge in [0.1, 0.15) is 6.54 Å². The van der Waals surface area contributed by atoms with Crippen molar-refractivity contribution in [1.82, 2.24) is 0 Å². The summed E-state index contributed by atoms with van der Waals surface area (Å²) in [5.74, 6) is 0.0749. The van der Waals surface area contributed by atoms with Crippen molar-refractivity contribution in [1.29, 1.82) is 0 Å². The molecule has 0 bridgehead atoms. The van der Waals surface area contributed by atoms with Crippen LogP contribution in [0.4, 0.5) is 0 Å². The molecule has 116 valence electrons. The van der Waals surface area contributed by atoms with E-state index in [2.05, 4.69) is 16.1 Å². The van der Waals surface area contributed by atoms with Crippen LogP contribution in [0.25, 0.3) is 0 Å². The lowest BCUT2D eigenvalue weighted by Crippen LogP contribution is -2.32. The summed E-state index contributed by atoms with van der Waals surface area (Å²) >= 11 is 0. The molecular weight excluding hydrogens is 276 g/mol. The first-order chi connectivity index (χ1) is 10.5. The summed E-state index contributed by atoms with van der Waals surface area (Å²) in [5, 5.41) is 0. The molecule has 1 aromatic rings. The second-order valence-electron chi connectivity index (χ2n) is 5.03. The Bertz CT molecular complexity index is 584. The van der Waals surface area contributed by atoms with Gasteiger partial charge in [0.15, 0.2) is 24.0 Å². The van der Waals surface area contributed by atoms with E-state index in [0.717, 1.165) is 31.5 Å². The number of aromatic nitrogens is 1. The first-order valence-corrected chi connectivity index (χ1v) is 7.38. The second-order valence-corrected chi connectivity index (χ2v) is 5.03. The van der Waals surface area contributed by atoms with Gasteiger partial charge in [-0.05, 0) is 26.3 Å². The zero-order chi connectivity index (χ0) is 16.4. The molecule has 0 atom stereocenters. The van der Waals surface area contributed by atoms with E-state index in [0.29, 0.717) is 5.57 Å². The maximum Gasteiger partial charge on any atom is 0.169 e. The van der Waals surface area contributed by atoms with Crippen LogP contribution in [0.1, 0.15) is 37.0 Å². The topological polar surface area (TPSA) is 50.4 Å². The van der Waals surface area contributed by atoms with Crippen molar-refractivity contribution in [3.8, 4) is 0 Å². The van der Waals surface area contributed by atoms with E-state index < -0.39 is 0 Å². The van der Waals surface area contributed by atoms with Gasteiger partial charge in [0.2, 0.25) is 0 Å². The van der Waals surface area contributed by atoms with Gasteiger partial charge in [-0.25, -0.2) is 4.57 Å². The number of hydrogen-bond donors (Lipinski definition) is 0. The lowest BCUT2D eigenvalue weighted by molar-refractivity contribution is -0.697. The summed E-state index contributed by atoms with van der Waals surface area (Å²) in [4.78, 5) is 26.6. The number of nitrogens with zero attached hydrogens (tertiary/aromatic N) is 2. The number of rotatable bonds is 9. The standard InChI is InChI=1S/C18H23N2O2/c1-4-17(15(2)21)7-11-19-10-5-6-12-20-13-8-18(9-14-20)16(3)22/h4,7-9,11,13-14H,1,5-6,10,12H2,2-3H3/q+1/b17-7+,19-11?. The Morgan fingerprint density at radius 2 is 1.91 bits per heavy atom. The molecule has 0 radical (unpaired) electrons. The van der Waals surface area contributed by atoms with E-state index in [1.807, 2.05) is 24.5 Å². The van der Waals surface area contributed by atoms with Crippen molar-refractivity contribution in [2.24, 2.45) is 4.99 Å². The quantitative estimate of drug-likeness (QED) is 0.176. The highest BCUT2D eigenvalue weighted by Gasteiger charge is 2.03. The van der Waals surface area contributed by atoms with Gasteiger partial charge >= 0.3 is 0 Å². The van der Waals surface area contributed by atoms with Gasteiger partial charge < -0.3 is 0 Å². The maximum atomic E-state index is 11.2. The summed E-state index contributed by atoms with van der Waals surface area (Å²) in [6.45, 7) is 8.29. The molecule has 0 N–H and O–H groups in total. The van der Waals surface area contributed by atoms with Crippen molar-refractivity contribution in [3.05, 3.63) is 54.4 Å². The first-order valence-electron chi connectivity index (χ1n) is 7.38. The molecule has 1 rings (SSSR count). The summed E-state index contributed by atoms with van der Waals surface area (Å²) in [6, 6.07) is 3.67. The molecule has 22 heavy (non-hydrogen) atoms. The van der Waals surface area contributed by atoms with Crippen LogP contribution in [0.15, 0.2) is 53.8 Å². The minimum absolute atomic E-state index is 0.00754. The van der Waals surface area contributed by atoms with Crippen LogP contribution in [-0.4, -0.2) is 24.3 Å². The maximum absolute atomic E-state index is 11.2. The number of Topliss-reactive ketones (excluding diaryl/α,β-unsaturated/α-hetero) is 2. The molecule has 0 aromatic carbocycles. The third-order valence-electron chi connectivity index (χ3n) is 3.24. The molecule has 0 aliphatic carbocycles. The minimum Gasteiger partial charge on any atom is -0.295 e. The minimum atomic E-state index is -0.00754. The van der Waals surface area contributed by atoms with Gasteiger partial charge in [0, 0.05) is 42.4 Å². The Kier molecular flexibility index (Phi) is 7.68. The third-order valence-corrected chi connectivity index (χ3v) is 3.24. The van der Waals surface area contributed by atoms with E-state index in [-0.39, 0.29) is 11.6 Å². The molecule has 0 saturated carbocycles. The van der Waals surface area contributed by atoms with Crippen LogP contribution in [0.2, 0.25) is 0 Å². The van der Waals surface area contributed by atoms with E-state index in [4.69, 9.17) is 0 Å². The van der Waals surface area contributed by atoms with E-state index in [1.54, 1.807) is 19.2 Å². The number of pyridine rings is 1. The smallest absolute Gasteiger partial charge is 0.169 e. The molecule has 0 fully saturated rings. The lowest BCUT2D eigenvalue weighted by Gasteiger charge is -1.97. The molecule has 0 amide bonds. The fraction of sp³-hybridized carbons (Fsp3) is 0.333. The number of carbonyl (C=O) groups is 2. The normalized spacial score (nSPS) is 11.6. The van der Waals surface area contributed by atoms with Crippen LogP contribution in [0.3, 0.4) is 0 Å². The van der Waals surface area contributed by atoms with Crippen LogP contribution >= 0.6 is 0 Å². The lowest BCUT2D eigenvalue weighted by atomic mass is 10.2. The fourth-order valence-corrected chi connectivity index (χ4v) is 1.88. The Morgan fingerprint density at radius 1 is 1.23 bits per heavy atom. The number of allylic oxidation sites excluding steroid dienone is 3. The van der Waals surface area contributed by atoms with Crippen LogP contribution < -0.4 is 4.57 Å². The molecule has 1 heterocycles. The van der Waals surface area contributed by atoms with Gasteiger partial charge in [0.05, 0.1) is 0 Å². The van der Waals surface area contributed by atoms with Gasteiger partial charge in [-0.1, -0.05) is 12.7 Å². The van der Waals surface area contributed by atoms with Crippen molar-refractivity contribution in [2.75, 3.05) is 6.54 Å². The van der Waals surface area contributed by atoms with E-state index in [9.17, 15) is 9.59 Å². The molecule has 0 unspecified atom stereocenters. The van der Waals surface area contributed by atoms with Crippen molar-refractivity contribution >= 4 is 17.8 Å². The highest BCUT2D eigenvalue weighted by Crippen LogP contribution is 1.97. The molecule has 0 aliphatic rings. The van der Waals surface area contributed by atoms with E-state index >= 15 is 0 Å². The van der Waals surface area contributed by atoms with Crippen LogP contribution in [0.5, 0.6) is 0 Å². The zero-order valence-corrected chi connectivity index (χ0v) is 13.3. The number of aliphatic imine (C=N–C) groups is 1. The third kappa shape index (κ3) is 6.39. The van der Waals surface area contributed by atoms with Crippen LogP contribution in [0, 0.1) is 0 Å². The highest BCUT2D eigenvalue weighted by atomic mass is 16.1. The molecule has 0 aliphatic heterocycles. The second kappa shape index (κ2) is 9.55.